The van der Waals surface area contributed by atoms with E-state index in [4.69, 9.17) is 14.3 Å². The van der Waals surface area contributed by atoms with Gasteiger partial charge in [0, 0.05) is 37.7 Å². The molecular formula is C19H18F3N3O5. The number of hydrogen-bond donors (Lipinski definition) is 1. The van der Waals surface area contributed by atoms with Gasteiger partial charge in [-0.2, -0.15) is 13.2 Å². The number of pyridine rings is 1. The number of anilines is 1. The third-order valence-electron chi connectivity index (χ3n) is 4.95. The maximum absolute atomic E-state index is 12.4. The lowest BCUT2D eigenvalue weighted by molar-refractivity contribution is -0.192. The smallest absolute Gasteiger partial charge is 0.475 e. The number of amides is 2. The Kier molecular flexibility index (Phi) is 5.81. The van der Waals surface area contributed by atoms with Crippen LogP contribution in [0.25, 0.3) is 0 Å². The van der Waals surface area contributed by atoms with Gasteiger partial charge in [0.1, 0.15) is 5.82 Å². The Morgan fingerprint density at radius 1 is 1.17 bits per heavy atom. The maximum atomic E-state index is 12.4. The van der Waals surface area contributed by atoms with Crippen molar-refractivity contribution in [3.63, 3.8) is 0 Å². The van der Waals surface area contributed by atoms with Crippen molar-refractivity contribution in [2.24, 2.45) is 5.41 Å². The number of carbonyl (C=O) groups is 3. The van der Waals surface area contributed by atoms with Crippen LogP contribution in [0, 0.1) is 5.41 Å². The fourth-order valence-corrected chi connectivity index (χ4v) is 3.56. The molecule has 0 aliphatic carbocycles. The van der Waals surface area contributed by atoms with Crippen molar-refractivity contribution in [3.8, 4) is 0 Å². The first-order valence-corrected chi connectivity index (χ1v) is 8.96. The highest BCUT2D eigenvalue weighted by Gasteiger charge is 2.49. The molecule has 1 atom stereocenters. The molecule has 2 aromatic heterocycles. The van der Waals surface area contributed by atoms with Gasteiger partial charge in [0.15, 0.2) is 5.76 Å². The van der Waals surface area contributed by atoms with Gasteiger partial charge >= 0.3 is 12.1 Å². The zero-order chi connectivity index (χ0) is 21.9. The molecule has 2 aromatic rings. The highest BCUT2D eigenvalue weighted by Crippen LogP contribution is 2.41. The first-order valence-electron chi connectivity index (χ1n) is 8.96. The lowest BCUT2D eigenvalue weighted by Crippen LogP contribution is -2.34. The number of carboxylic acid groups (broad SMARTS) is 1. The highest BCUT2D eigenvalue weighted by atomic mass is 19.4. The van der Waals surface area contributed by atoms with E-state index in [1.165, 1.54) is 6.26 Å². The minimum Gasteiger partial charge on any atom is -0.475 e. The Bertz CT molecular complexity index is 917. The third-order valence-corrected chi connectivity index (χ3v) is 4.95. The number of nitrogens with zero attached hydrogens (tertiary/aromatic N) is 3. The van der Waals surface area contributed by atoms with Gasteiger partial charge in [0.2, 0.25) is 5.91 Å². The van der Waals surface area contributed by atoms with Crippen molar-refractivity contribution >= 4 is 23.6 Å². The molecule has 1 spiro atoms. The number of likely N-dealkylation sites (tertiary alicyclic amines) is 1. The zero-order valence-corrected chi connectivity index (χ0v) is 15.6. The molecule has 8 nitrogen and oxygen atoms in total. The minimum atomic E-state index is -5.08. The predicted molar refractivity (Wildman–Crippen MR) is 96.6 cm³/mol. The number of halogens is 3. The summed E-state index contributed by atoms with van der Waals surface area (Å²) in [7, 11) is 0. The summed E-state index contributed by atoms with van der Waals surface area (Å²) in [5, 5.41) is 7.12. The molecule has 2 aliphatic rings. The monoisotopic (exact) mass is 425 g/mol. The molecule has 4 heterocycles. The van der Waals surface area contributed by atoms with E-state index in [2.05, 4.69) is 4.98 Å². The van der Waals surface area contributed by atoms with Crippen molar-refractivity contribution in [2.45, 2.75) is 19.0 Å². The predicted octanol–water partition coefficient (Wildman–Crippen LogP) is 2.58. The van der Waals surface area contributed by atoms with Gasteiger partial charge in [-0.05, 0) is 30.7 Å². The maximum Gasteiger partial charge on any atom is 0.490 e. The number of rotatable bonds is 2. The van der Waals surface area contributed by atoms with Crippen LogP contribution in [0.1, 0.15) is 23.4 Å². The molecule has 1 unspecified atom stereocenters. The summed E-state index contributed by atoms with van der Waals surface area (Å²) in [6.45, 7) is 1.86. The molecule has 0 radical (unpaired) electrons. The van der Waals surface area contributed by atoms with E-state index in [-0.39, 0.29) is 17.2 Å². The summed E-state index contributed by atoms with van der Waals surface area (Å²) < 4.78 is 36.9. The zero-order valence-electron chi connectivity index (χ0n) is 15.6. The summed E-state index contributed by atoms with van der Waals surface area (Å²) in [4.78, 5) is 41.5. The van der Waals surface area contributed by atoms with Gasteiger partial charge in [0.25, 0.3) is 5.91 Å². The van der Waals surface area contributed by atoms with Crippen LogP contribution >= 0.6 is 0 Å². The van der Waals surface area contributed by atoms with Crippen LogP contribution < -0.4 is 4.90 Å². The Labute approximate surface area is 168 Å². The van der Waals surface area contributed by atoms with Gasteiger partial charge in [-0.25, -0.2) is 9.78 Å². The van der Waals surface area contributed by atoms with Crippen LogP contribution in [0.2, 0.25) is 0 Å². The van der Waals surface area contributed by atoms with Gasteiger partial charge in [-0.3, -0.25) is 14.5 Å². The number of aliphatic carboxylic acids is 1. The number of furan rings is 1. The lowest BCUT2D eigenvalue weighted by atomic mass is 9.86. The van der Waals surface area contributed by atoms with Crippen molar-refractivity contribution in [3.05, 3.63) is 48.6 Å². The van der Waals surface area contributed by atoms with Crippen molar-refractivity contribution in [1.29, 1.82) is 0 Å². The normalized spacial score (nSPS) is 21.0. The van der Waals surface area contributed by atoms with Crippen LogP contribution in [-0.4, -0.2) is 58.6 Å². The first kappa shape index (κ1) is 21.3. The van der Waals surface area contributed by atoms with Gasteiger partial charge in [-0.1, -0.05) is 6.07 Å². The minimum absolute atomic E-state index is 0.0796. The van der Waals surface area contributed by atoms with E-state index in [0.29, 0.717) is 37.6 Å². The molecule has 2 amide bonds. The summed E-state index contributed by atoms with van der Waals surface area (Å²) in [5.74, 6) is -1.74. The van der Waals surface area contributed by atoms with Gasteiger partial charge < -0.3 is 14.4 Å². The fraction of sp³-hybridized carbons (Fsp3) is 0.368. The molecule has 1 N–H and O–H groups in total. The van der Waals surface area contributed by atoms with E-state index in [0.717, 1.165) is 6.42 Å². The van der Waals surface area contributed by atoms with Gasteiger partial charge in [-0.15, -0.1) is 0 Å². The third kappa shape index (κ3) is 4.61. The van der Waals surface area contributed by atoms with E-state index in [9.17, 15) is 22.8 Å². The summed E-state index contributed by atoms with van der Waals surface area (Å²) in [6.07, 6.45) is -0.601. The number of alkyl halides is 3. The second-order valence-corrected chi connectivity index (χ2v) is 7.10. The highest BCUT2D eigenvalue weighted by molar-refractivity contribution is 5.96. The van der Waals surface area contributed by atoms with Crippen LogP contribution in [-0.2, 0) is 9.59 Å². The number of aromatic nitrogens is 1. The number of carboxylic acids is 1. The SMILES string of the molecule is O=C(O)C(F)(F)F.O=C(c1ccco1)N1CCC2(CC(=O)N(c3ccccn3)C2)C1. The summed E-state index contributed by atoms with van der Waals surface area (Å²) in [6, 6.07) is 8.94. The molecule has 0 saturated carbocycles. The van der Waals surface area contributed by atoms with E-state index in [1.54, 1.807) is 28.1 Å². The van der Waals surface area contributed by atoms with Crippen LogP contribution in [0.3, 0.4) is 0 Å². The summed E-state index contributed by atoms with van der Waals surface area (Å²) in [5.41, 5.74) is -0.170. The van der Waals surface area contributed by atoms with Crippen molar-refractivity contribution < 1.29 is 37.1 Å². The first-order chi connectivity index (χ1) is 14.1. The van der Waals surface area contributed by atoms with Crippen molar-refractivity contribution in [1.82, 2.24) is 9.88 Å². The van der Waals surface area contributed by atoms with Crippen LogP contribution in [0.15, 0.2) is 47.2 Å². The van der Waals surface area contributed by atoms with Gasteiger partial charge in [0.05, 0.1) is 6.26 Å². The molecular weight excluding hydrogens is 407 g/mol. The summed E-state index contributed by atoms with van der Waals surface area (Å²) >= 11 is 0. The average Bonchev–Trinajstić information content (AvgIpc) is 3.43. The van der Waals surface area contributed by atoms with Crippen LogP contribution in [0.5, 0.6) is 0 Å². The Balaban J connectivity index is 0.000000318. The molecule has 2 aliphatic heterocycles. The van der Waals surface area contributed by atoms with E-state index < -0.39 is 12.1 Å². The molecule has 2 saturated heterocycles. The molecule has 4 rings (SSSR count). The number of hydrogen-bond acceptors (Lipinski definition) is 5. The lowest BCUT2D eigenvalue weighted by Gasteiger charge is -2.23. The average molecular weight is 425 g/mol. The second-order valence-electron chi connectivity index (χ2n) is 7.10. The number of carbonyl (C=O) groups excluding carboxylic acids is 2. The Morgan fingerprint density at radius 2 is 1.90 bits per heavy atom. The molecule has 160 valence electrons. The Morgan fingerprint density at radius 3 is 2.47 bits per heavy atom. The van der Waals surface area contributed by atoms with Crippen LogP contribution in [0.4, 0.5) is 19.0 Å². The quantitative estimate of drug-likeness (QED) is 0.793. The molecule has 11 heteroatoms. The van der Waals surface area contributed by atoms with E-state index in [1.807, 2.05) is 18.2 Å². The van der Waals surface area contributed by atoms with E-state index >= 15 is 0 Å². The molecule has 30 heavy (non-hydrogen) atoms. The second kappa shape index (κ2) is 8.17. The molecule has 0 bridgehead atoms. The Hall–Kier alpha value is -3.37. The van der Waals surface area contributed by atoms with Crippen molar-refractivity contribution in [2.75, 3.05) is 24.5 Å². The molecule has 2 fully saturated rings. The fourth-order valence-electron chi connectivity index (χ4n) is 3.56. The standard InChI is InChI=1S/C17H17N3O3.C2HF3O2/c21-15-10-17(12-20(15)14-5-1-2-7-18-14)6-8-19(11-17)16(22)13-4-3-9-23-13;3-2(4,5)1(6)7/h1-5,7,9H,6,8,10-12H2;(H,6,7). The largest absolute Gasteiger partial charge is 0.490 e. The molecule has 0 aromatic carbocycles. The topological polar surface area (TPSA) is 104 Å².